The number of hydrogen-bond acceptors (Lipinski definition) is 5. The lowest BCUT2D eigenvalue weighted by atomic mass is 10.1. The summed E-state index contributed by atoms with van der Waals surface area (Å²) in [5.74, 6) is -0.251. The second-order valence-corrected chi connectivity index (χ2v) is 11.8. The average Bonchev–Trinajstić information content (AvgIpc) is 2.95. The molecule has 0 saturated carbocycles. The highest BCUT2D eigenvalue weighted by atomic mass is 79.9. The van der Waals surface area contributed by atoms with E-state index in [0.29, 0.717) is 18.0 Å². The molecule has 0 aliphatic heterocycles. The van der Waals surface area contributed by atoms with Crippen molar-refractivity contribution >= 4 is 43.5 Å². The maximum Gasteiger partial charge on any atom is 0.264 e. The van der Waals surface area contributed by atoms with E-state index < -0.39 is 28.5 Å². The predicted octanol–water partition coefficient (Wildman–Crippen LogP) is 4.99. The molecule has 0 saturated heterocycles. The van der Waals surface area contributed by atoms with Gasteiger partial charge in [-0.05, 0) is 67.4 Å². The van der Waals surface area contributed by atoms with Gasteiger partial charge < -0.3 is 15.0 Å². The van der Waals surface area contributed by atoms with Crippen molar-refractivity contribution in [2.24, 2.45) is 0 Å². The lowest BCUT2D eigenvalue weighted by molar-refractivity contribution is -0.139. The normalized spacial score (nSPS) is 11.9. The minimum Gasteiger partial charge on any atom is -0.497 e. The van der Waals surface area contributed by atoms with Crippen LogP contribution >= 0.6 is 15.9 Å². The van der Waals surface area contributed by atoms with Gasteiger partial charge in [-0.25, -0.2) is 8.42 Å². The fraction of sp³-hybridized carbons (Fsp3) is 0.310. The van der Waals surface area contributed by atoms with Crippen LogP contribution < -0.4 is 14.4 Å². The minimum absolute atomic E-state index is 0.0541. The molecule has 0 bridgehead atoms. The fourth-order valence-corrected chi connectivity index (χ4v) is 5.60. The summed E-state index contributed by atoms with van der Waals surface area (Å²) < 4.78 is 34.7. The summed E-state index contributed by atoms with van der Waals surface area (Å²) in [5.41, 5.74) is 1.11. The largest absolute Gasteiger partial charge is 0.497 e. The highest BCUT2D eigenvalue weighted by Crippen LogP contribution is 2.26. The van der Waals surface area contributed by atoms with Gasteiger partial charge in [-0.15, -0.1) is 0 Å². The van der Waals surface area contributed by atoms with Crippen LogP contribution in [0.15, 0.2) is 88.2 Å². The third-order valence-electron chi connectivity index (χ3n) is 6.23. The molecule has 0 aliphatic rings. The molecule has 3 rings (SSSR count). The molecule has 3 aromatic carbocycles. The topological polar surface area (TPSA) is 96.0 Å². The Morgan fingerprint density at radius 3 is 2.21 bits per heavy atom. The molecular weight excluding hydrogens is 582 g/mol. The van der Waals surface area contributed by atoms with Crippen molar-refractivity contribution in [1.82, 2.24) is 10.2 Å². The number of methoxy groups -OCH3 is 1. The average molecular weight is 617 g/mol. The standard InChI is InChI=1S/C29H34BrN3O5S/c1-4-5-19-31-29(35)22(2)32(20-23-11-13-24(30)14-12-23)28(34)21-33(25-15-17-26(38-3)18-16-25)39(36,37)27-9-7-6-8-10-27/h6-18,22H,4-5,19-21H2,1-3H3,(H,31,35). The Balaban J connectivity index is 1.98. The highest BCUT2D eigenvalue weighted by Gasteiger charge is 2.32. The number of hydrogen-bond donors (Lipinski definition) is 1. The fourth-order valence-electron chi connectivity index (χ4n) is 3.90. The van der Waals surface area contributed by atoms with Crippen molar-refractivity contribution in [3.8, 4) is 5.75 Å². The van der Waals surface area contributed by atoms with Gasteiger partial charge in [0.25, 0.3) is 10.0 Å². The molecule has 208 valence electrons. The summed E-state index contributed by atoms with van der Waals surface area (Å²) in [5, 5.41) is 2.88. The second-order valence-electron chi connectivity index (χ2n) is 8.99. The second kappa shape index (κ2) is 14.1. The van der Waals surface area contributed by atoms with E-state index in [9.17, 15) is 18.0 Å². The molecule has 10 heteroatoms. The molecular formula is C29H34BrN3O5S. The van der Waals surface area contributed by atoms with Crippen LogP contribution in [-0.2, 0) is 26.2 Å². The first-order valence-electron chi connectivity index (χ1n) is 12.7. The molecule has 3 aromatic rings. The summed E-state index contributed by atoms with van der Waals surface area (Å²) in [6, 6.07) is 21.0. The monoisotopic (exact) mass is 615 g/mol. The van der Waals surface area contributed by atoms with E-state index in [0.717, 1.165) is 27.2 Å². The van der Waals surface area contributed by atoms with Crippen molar-refractivity contribution < 1.29 is 22.7 Å². The summed E-state index contributed by atoms with van der Waals surface area (Å²) in [7, 11) is -2.59. The van der Waals surface area contributed by atoms with Crippen molar-refractivity contribution in [2.45, 2.75) is 44.2 Å². The number of halogens is 1. The predicted molar refractivity (Wildman–Crippen MR) is 156 cm³/mol. The molecule has 0 aliphatic carbocycles. The number of amides is 2. The van der Waals surface area contributed by atoms with E-state index in [4.69, 9.17) is 4.74 Å². The van der Waals surface area contributed by atoms with Gasteiger partial charge in [0.15, 0.2) is 0 Å². The first-order chi connectivity index (χ1) is 18.7. The van der Waals surface area contributed by atoms with E-state index in [-0.39, 0.29) is 17.3 Å². The molecule has 1 unspecified atom stereocenters. The molecule has 0 aromatic heterocycles. The molecule has 0 heterocycles. The van der Waals surface area contributed by atoms with Gasteiger partial charge in [-0.3, -0.25) is 13.9 Å². The molecule has 1 N–H and O–H groups in total. The molecule has 0 radical (unpaired) electrons. The van der Waals surface area contributed by atoms with Gasteiger partial charge in [0.2, 0.25) is 11.8 Å². The number of carbonyl (C=O) groups is 2. The van der Waals surface area contributed by atoms with Gasteiger partial charge in [-0.2, -0.15) is 0 Å². The lowest BCUT2D eigenvalue weighted by Crippen LogP contribution is -2.51. The number of rotatable bonds is 13. The zero-order valence-corrected chi connectivity index (χ0v) is 24.7. The Morgan fingerprint density at radius 2 is 1.62 bits per heavy atom. The Morgan fingerprint density at radius 1 is 0.974 bits per heavy atom. The Bertz CT molecular complexity index is 1330. The first-order valence-corrected chi connectivity index (χ1v) is 14.9. The number of nitrogens with zero attached hydrogens (tertiary/aromatic N) is 2. The van der Waals surface area contributed by atoms with E-state index in [1.165, 1.54) is 24.1 Å². The Labute approximate surface area is 239 Å². The van der Waals surface area contributed by atoms with Gasteiger partial charge >= 0.3 is 0 Å². The van der Waals surface area contributed by atoms with E-state index in [2.05, 4.69) is 21.2 Å². The summed E-state index contributed by atoms with van der Waals surface area (Å²) in [6.45, 7) is 3.82. The summed E-state index contributed by atoms with van der Waals surface area (Å²) >= 11 is 3.41. The number of benzene rings is 3. The number of anilines is 1. The number of unbranched alkanes of at least 4 members (excludes halogenated alkanes) is 1. The van der Waals surface area contributed by atoms with Gasteiger partial charge in [-0.1, -0.05) is 59.6 Å². The van der Waals surface area contributed by atoms with Crippen LogP contribution in [0.1, 0.15) is 32.3 Å². The van der Waals surface area contributed by atoms with Crippen LogP contribution in [0, 0.1) is 0 Å². The van der Waals surface area contributed by atoms with Crippen molar-refractivity contribution in [3.63, 3.8) is 0 Å². The van der Waals surface area contributed by atoms with Crippen LogP contribution in [0.3, 0.4) is 0 Å². The SMILES string of the molecule is CCCCNC(=O)C(C)N(Cc1ccc(Br)cc1)C(=O)CN(c1ccc(OC)cc1)S(=O)(=O)c1ccccc1. The number of nitrogens with one attached hydrogen (secondary N) is 1. The van der Waals surface area contributed by atoms with Crippen molar-refractivity contribution in [1.29, 1.82) is 0 Å². The summed E-state index contributed by atoms with van der Waals surface area (Å²) in [6.07, 6.45) is 1.74. The van der Waals surface area contributed by atoms with Crippen molar-refractivity contribution in [3.05, 3.63) is 88.9 Å². The molecule has 0 fully saturated rings. The Hall–Kier alpha value is -3.37. The third-order valence-corrected chi connectivity index (χ3v) is 8.55. The molecule has 1 atom stereocenters. The van der Waals surface area contributed by atoms with E-state index >= 15 is 0 Å². The van der Waals surface area contributed by atoms with Crippen LogP contribution in [0.5, 0.6) is 5.75 Å². The molecule has 0 spiro atoms. The Kier molecular flexibility index (Phi) is 10.9. The van der Waals surface area contributed by atoms with Crippen LogP contribution in [0.25, 0.3) is 0 Å². The number of sulfonamides is 1. The van der Waals surface area contributed by atoms with E-state index in [1.54, 1.807) is 49.4 Å². The zero-order chi connectivity index (χ0) is 28.4. The minimum atomic E-state index is -4.11. The van der Waals surface area contributed by atoms with E-state index in [1.807, 2.05) is 31.2 Å². The lowest BCUT2D eigenvalue weighted by Gasteiger charge is -2.32. The van der Waals surface area contributed by atoms with Crippen LogP contribution in [0.2, 0.25) is 0 Å². The quantitative estimate of drug-likeness (QED) is 0.273. The molecule has 39 heavy (non-hydrogen) atoms. The zero-order valence-electron chi connectivity index (χ0n) is 22.3. The summed E-state index contributed by atoms with van der Waals surface area (Å²) in [4.78, 5) is 28.3. The van der Waals surface area contributed by atoms with Crippen molar-refractivity contribution in [2.75, 3.05) is 24.5 Å². The van der Waals surface area contributed by atoms with Gasteiger partial charge in [0.05, 0.1) is 17.7 Å². The van der Waals surface area contributed by atoms with Gasteiger partial charge in [0, 0.05) is 17.6 Å². The maximum absolute atomic E-state index is 13.9. The number of ether oxygens (including phenoxy) is 1. The van der Waals surface area contributed by atoms with Crippen LogP contribution in [0.4, 0.5) is 5.69 Å². The number of carbonyl (C=O) groups excluding carboxylic acids is 2. The third kappa shape index (κ3) is 8.06. The first kappa shape index (κ1) is 30.2. The van der Waals surface area contributed by atoms with Crippen LogP contribution in [-0.4, -0.2) is 51.4 Å². The highest BCUT2D eigenvalue weighted by molar-refractivity contribution is 9.10. The van der Waals surface area contributed by atoms with Gasteiger partial charge in [0.1, 0.15) is 18.3 Å². The molecule has 8 nitrogen and oxygen atoms in total. The molecule has 2 amide bonds. The smallest absolute Gasteiger partial charge is 0.264 e. The maximum atomic E-state index is 13.9.